The Morgan fingerprint density at radius 3 is 2.04 bits per heavy atom. The van der Waals surface area contributed by atoms with Gasteiger partial charge in [0.15, 0.2) is 0 Å². The largest absolute Gasteiger partial charge is 0.478 e. The third-order valence-electron chi connectivity index (χ3n) is 4.69. The lowest BCUT2D eigenvalue weighted by Crippen LogP contribution is -2.10. The van der Waals surface area contributed by atoms with Crippen molar-refractivity contribution < 1.29 is 15.0 Å². The highest BCUT2D eigenvalue weighted by Crippen LogP contribution is 2.24. The number of carboxylic acid groups (broad SMARTS) is 1. The van der Waals surface area contributed by atoms with E-state index in [1.165, 1.54) is 76.0 Å². The van der Waals surface area contributed by atoms with Gasteiger partial charge in [-0.1, -0.05) is 89.7 Å². The normalized spacial score (nSPS) is 12.2. The van der Waals surface area contributed by atoms with Gasteiger partial charge in [-0.15, -0.1) is 11.8 Å². The fourth-order valence-electron chi connectivity index (χ4n) is 3.08. The predicted molar refractivity (Wildman–Crippen MR) is 111 cm³/mol. The van der Waals surface area contributed by atoms with Crippen molar-refractivity contribution in [3.05, 3.63) is 29.8 Å². The van der Waals surface area contributed by atoms with Gasteiger partial charge in [0.1, 0.15) is 0 Å². The van der Waals surface area contributed by atoms with Crippen LogP contribution in [0.25, 0.3) is 0 Å². The first-order chi connectivity index (χ1) is 12.6. The van der Waals surface area contributed by atoms with Crippen LogP contribution in [0, 0.1) is 0 Å². The summed E-state index contributed by atoms with van der Waals surface area (Å²) in [5.74, 6) is -0.352. The number of unbranched alkanes of at least 4 members (excludes halogenated alkanes) is 10. The Kier molecular flexibility index (Phi) is 13.4. The molecule has 0 heterocycles. The van der Waals surface area contributed by atoms with Crippen molar-refractivity contribution >= 4 is 17.7 Å². The smallest absolute Gasteiger partial charge is 0.336 e. The molecular formula is C22H36O3S. The van der Waals surface area contributed by atoms with Gasteiger partial charge >= 0.3 is 5.97 Å². The summed E-state index contributed by atoms with van der Waals surface area (Å²) < 4.78 is 0. The van der Waals surface area contributed by atoms with E-state index in [1.807, 2.05) is 12.1 Å². The third kappa shape index (κ3) is 10.9. The van der Waals surface area contributed by atoms with Gasteiger partial charge in [-0.05, 0) is 18.6 Å². The molecule has 2 N–H and O–H groups in total. The standard InChI is InChI=1S/C22H36O3S/c1-2-3-4-5-6-7-8-9-10-11-12-15-19(23)18-26-21-17-14-13-16-20(21)22(24)25/h13-14,16-17,19,23H,2-12,15,18H2,1H3,(H,24,25). The quantitative estimate of drug-likeness (QED) is 0.252. The van der Waals surface area contributed by atoms with Crippen molar-refractivity contribution in [2.45, 2.75) is 95.0 Å². The molecule has 0 saturated carbocycles. The molecule has 1 rings (SSSR count). The van der Waals surface area contributed by atoms with Crippen LogP contribution in [-0.4, -0.2) is 28.0 Å². The van der Waals surface area contributed by atoms with E-state index in [1.54, 1.807) is 12.1 Å². The summed E-state index contributed by atoms with van der Waals surface area (Å²) in [5.41, 5.74) is 0.319. The average molecular weight is 381 g/mol. The zero-order chi connectivity index (χ0) is 19.0. The Labute approximate surface area is 163 Å². The first-order valence-corrected chi connectivity index (χ1v) is 11.3. The second-order valence-corrected chi connectivity index (χ2v) is 8.15. The summed E-state index contributed by atoms with van der Waals surface area (Å²) >= 11 is 1.44. The van der Waals surface area contributed by atoms with Crippen LogP contribution in [0.15, 0.2) is 29.2 Å². The number of hydrogen-bond donors (Lipinski definition) is 2. The molecule has 0 aliphatic rings. The molecule has 1 atom stereocenters. The molecule has 26 heavy (non-hydrogen) atoms. The maximum atomic E-state index is 11.2. The van der Waals surface area contributed by atoms with Crippen LogP contribution in [0.1, 0.15) is 94.3 Å². The van der Waals surface area contributed by atoms with E-state index in [9.17, 15) is 15.0 Å². The van der Waals surface area contributed by atoms with Crippen molar-refractivity contribution in [2.75, 3.05) is 5.75 Å². The van der Waals surface area contributed by atoms with Gasteiger partial charge in [0.2, 0.25) is 0 Å². The van der Waals surface area contributed by atoms with Gasteiger partial charge < -0.3 is 10.2 Å². The fourth-order valence-corrected chi connectivity index (χ4v) is 4.11. The summed E-state index contributed by atoms with van der Waals surface area (Å²) in [5, 5.41) is 19.3. The molecule has 0 aliphatic heterocycles. The van der Waals surface area contributed by atoms with Crippen LogP contribution < -0.4 is 0 Å². The zero-order valence-electron chi connectivity index (χ0n) is 16.3. The highest BCUT2D eigenvalue weighted by atomic mass is 32.2. The molecule has 0 spiro atoms. The second kappa shape index (κ2) is 15.1. The molecular weight excluding hydrogens is 344 g/mol. The molecule has 148 valence electrons. The SMILES string of the molecule is CCCCCCCCCCCCCC(O)CSc1ccccc1C(=O)O. The lowest BCUT2D eigenvalue weighted by Gasteiger charge is -2.11. The first-order valence-electron chi connectivity index (χ1n) is 10.3. The number of aliphatic hydroxyl groups is 1. The molecule has 0 aromatic heterocycles. The van der Waals surface area contributed by atoms with E-state index in [4.69, 9.17) is 0 Å². The maximum absolute atomic E-state index is 11.2. The molecule has 0 fully saturated rings. The van der Waals surface area contributed by atoms with Crippen LogP contribution in [0.5, 0.6) is 0 Å². The Morgan fingerprint density at radius 1 is 0.923 bits per heavy atom. The number of carboxylic acids is 1. The number of benzene rings is 1. The van der Waals surface area contributed by atoms with E-state index >= 15 is 0 Å². The van der Waals surface area contributed by atoms with Crippen molar-refractivity contribution in [2.24, 2.45) is 0 Å². The van der Waals surface area contributed by atoms with Gasteiger partial charge in [-0.2, -0.15) is 0 Å². The lowest BCUT2D eigenvalue weighted by atomic mass is 10.0. The van der Waals surface area contributed by atoms with E-state index in [-0.39, 0.29) is 6.10 Å². The van der Waals surface area contributed by atoms with E-state index in [2.05, 4.69) is 6.92 Å². The first kappa shape index (κ1) is 23.0. The molecule has 0 radical (unpaired) electrons. The Hall–Kier alpha value is -1.00. The van der Waals surface area contributed by atoms with Crippen molar-refractivity contribution in [1.82, 2.24) is 0 Å². The van der Waals surface area contributed by atoms with Gasteiger partial charge in [0.25, 0.3) is 0 Å². The highest BCUT2D eigenvalue weighted by molar-refractivity contribution is 7.99. The molecule has 0 aliphatic carbocycles. The van der Waals surface area contributed by atoms with Crippen LogP contribution in [0.4, 0.5) is 0 Å². The molecule has 3 nitrogen and oxygen atoms in total. The molecule has 1 unspecified atom stereocenters. The number of aliphatic hydroxyl groups excluding tert-OH is 1. The minimum Gasteiger partial charge on any atom is -0.478 e. The van der Waals surface area contributed by atoms with Crippen LogP contribution in [0.3, 0.4) is 0 Å². The van der Waals surface area contributed by atoms with Crippen LogP contribution >= 0.6 is 11.8 Å². The fraction of sp³-hybridized carbons (Fsp3) is 0.682. The minimum atomic E-state index is -0.909. The summed E-state index contributed by atoms with van der Waals surface area (Å²) in [6, 6.07) is 6.99. The molecule has 0 bridgehead atoms. The van der Waals surface area contributed by atoms with Gasteiger partial charge in [-0.25, -0.2) is 4.79 Å². The molecule has 0 saturated heterocycles. The maximum Gasteiger partial charge on any atom is 0.336 e. The summed E-state index contributed by atoms with van der Waals surface area (Å²) in [6.07, 6.45) is 14.8. The summed E-state index contributed by atoms with van der Waals surface area (Å²) in [7, 11) is 0. The minimum absolute atomic E-state index is 0.319. The van der Waals surface area contributed by atoms with Gasteiger partial charge in [-0.3, -0.25) is 0 Å². The topological polar surface area (TPSA) is 57.5 Å². The number of rotatable bonds is 16. The lowest BCUT2D eigenvalue weighted by molar-refractivity contribution is 0.0693. The molecule has 1 aromatic carbocycles. The highest BCUT2D eigenvalue weighted by Gasteiger charge is 2.11. The van der Waals surface area contributed by atoms with Crippen LogP contribution in [0.2, 0.25) is 0 Å². The Balaban J connectivity index is 2.01. The summed E-state index contributed by atoms with van der Waals surface area (Å²) in [4.78, 5) is 11.9. The Bertz CT molecular complexity index is 490. The van der Waals surface area contributed by atoms with E-state index in [0.29, 0.717) is 11.3 Å². The van der Waals surface area contributed by atoms with Crippen LogP contribution in [-0.2, 0) is 0 Å². The monoisotopic (exact) mass is 380 g/mol. The number of thioether (sulfide) groups is 1. The van der Waals surface area contributed by atoms with Gasteiger partial charge in [0, 0.05) is 10.6 Å². The number of hydrogen-bond acceptors (Lipinski definition) is 3. The Morgan fingerprint density at radius 2 is 1.46 bits per heavy atom. The van der Waals surface area contributed by atoms with Gasteiger partial charge in [0.05, 0.1) is 11.7 Å². The molecule has 0 amide bonds. The summed E-state index contributed by atoms with van der Waals surface area (Å²) in [6.45, 7) is 2.25. The zero-order valence-corrected chi connectivity index (χ0v) is 17.1. The molecule has 4 heteroatoms. The number of aromatic carboxylic acids is 1. The second-order valence-electron chi connectivity index (χ2n) is 7.09. The van der Waals surface area contributed by atoms with Crippen molar-refractivity contribution in [1.29, 1.82) is 0 Å². The third-order valence-corrected chi connectivity index (χ3v) is 5.91. The van der Waals surface area contributed by atoms with E-state index in [0.717, 1.165) is 17.7 Å². The van der Waals surface area contributed by atoms with E-state index < -0.39 is 5.97 Å². The van der Waals surface area contributed by atoms with Crippen molar-refractivity contribution in [3.8, 4) is 0 Å². The average Bonchev–Trinajstić information content (AvgIpc) is 2.64. The predicted octanol–water partition coefficient (Wildman–Crippen LogP) is 6.54. The molecule has 1 aromatic rings. The number of carbonyl (C=O) groups is 1. The van der Waals surface area contributed by atoms with Crippen molar-refractivity contribution in [3.63, 3.8) is 0 Å².